The second-order valence-corrected chi connectivity index (χ2v) is 15.7. The Morgan fingerprint density at radius 2 is 1.23 bits per heavy atom. The zero-order valence-corrected chi connectivity index (χ0v) is 29.9. The molecule has 44 heavy (non-hydrogen) atoms. The third-order valence-electron chi connectivity index (χ3n) is 9.96. The molecule has 0 aliphatic carbocycles. The molecule has 0 bridgehead atoms. The van der Waals surface area contributed by atoms with E-state index in [1.165, 1.54) is 49.1 Å². The van der Waals surface area contributed by atoms with Crippen LogP contribution in [0.3, 0.4) is 0 Å². The highest BCUT2D eigenvalue weighted by Gasteiger charge is 2.39. The lowest BCUT2D eigenvalue weighted by Gasteiger charge is -2.43. The maximum atomic E-state index is 4.04. The molecule has 0 amide bonds. The number of thiophene rings is 1. The lowest BCUT2D eigenvalue weighted by molar-refractivity contribution is 0.303. The predicted molar refractivity (Wildman–Crippen MR) is 198 cm³/mol. The first-order valence-corrected chi connectivity index (χ1v) is 16.9. The van der Waals surface area contributed by atoms with Crippen LogP contribution in [0.1, 0.15) is 96.2 Å². The van der Waals surface area contributed by atoms with Crippen LogP contribution in [0.15, 0.2) is 91.5 Å². The van der Waals surface area contributed by atoms with E-state index in [1.807, 2.05) is 17.4 Å². The molecule has 0 radical (unpaired) electrons. The molecule has 1 atom stereocenters. The third kappa shape index (κ3) is 6.69. The summed E-state index contributed by atoms with van der Waals surface area (Å²) in [4.78, 5) is 7.34. The minimum atomic E-state index is -0.0919. The molecular formula is C41H54N2S. The highest BCUT2D eigenvalue weighted by atomic mass is 32.1. The molecule has 2 nitrogen and oxygen atoms in total. The summed E-state index contributed by atoms with van der Waals surface area (Å²) in [7, 11) is 4.28. The van der Waals surface area contributed by atoms with Crippen LogP contribution in [0.5, 0.6) is 0 Å². The van der Waals surface area contributed by atoms with Crippen molar-refractivity contribution in [3.63, 3.8) is 0 Å². The van der Waals surface area contributed by atoms with E-state index in [0.29, 0.717) is 5.92 Å². The van der Waals surface area contributed by atoms with Gasteiger partial charge in [0.1, 0.15) is 0 Å². The molecule has 3 heteroatoms. The summed E-state index contributed by atoms with van der Waals surface area (Å²) in [5, 5.41) is 0. The largest absolute Gasteiger partial charge is 0.376 e. The van der Waals surface area contributed by atoms with Crippen molar-refractivity contribution in [3.8, 4) is 10.4 Å². The Morgan fingerprint density at radius 1 is 0.750 bits per heavy atom. The zero-order valence-electron chi connectivity index (χ0n) is 29.1. The van der Waals surface area contributed by atoms with Crippen LogP contribution in [0.2, 0.25) is 0 Å². The van der Waals surface area contributed by atoms with Gasteiger partial charge < -0.3 is 9.80 Å². The standard InChI is InChI=1S/C41H54N2S/c1-13-27-43(34-23-17-30(18-24-34)29(3)14-2)35-25-21-33(22-26-35)41(9,10)40(7,8)32-19-15-31(16-20-32)38-36(42(11)12)28-37(44-38)39(4,5)6/h13,15-26,28-29H,1,14,27H2,2-12H3. The average Bonchev–Trinajstić information content (AvgIpc) is 3.47. The minimum absolute atomic E-state index is 0.0873. The number of benzene rings is 3. The Labute approximate surface area is 272 Å². The van der Waals surface area contributed by atoms with Gasteiger partial charge >= 0.3 is 0 Å². The summed E-state index contributed by atoms with van der Waals surface area (Å²) in [6.07, 6.45) is 3.13. The van der Waals surface area contributed by atoms with Crippen molar-refractivity contribution in [2.75, 3.05) is 30.4 Å². The Kier molecular flexibility index (Phi) is 9.90. The van der Waals surface area contributed by atoms with Gasteiger partial charge in [0.15, 0.2) is 0 Å². The smallest absolute Gasteiger partial charge is 0.0579 e. The minimum Gasteiger partial charge on any atom is -0.376 e. The molecule has 1 aromatic heterocycles. The van der Waals surface area contributed by atoms with Crippen molar-refractivity contribution in [1.82, 2.24) is 0 Å². The van der Waals surface area contributed by atoms with Gasteiger partial charge in [-0.3, -0.25) is 0 Å². The van der Waals surface area contributed by atoms with Crippen molar-refractivity contribution in [2.45, 2.75) is 90.9 Å². The van der Waals surface area contributed by atoms with Gasteiger partial charge in [0.05, 0.1) is 10.6 Å². The van der Waals surface area contributed by atoms with Gasteiger partial charge in [-0.05, 0) is 81.2 Å². The Bertz CT molecular complexity index is 1530. The van der Waals surface area contributed by atoms with E-state index >= 15 is 0 Å². The van der Waals surface area contributed by atoms with Crippen molar-refractivity contribution in [3.05, 3.63) is 113 Å². The van der Waals surface area contributed by atoms with Crippen LogP contribution in [-0.2, 0) is 16.2 Å². The summed E-state index contributed by atoms with van der Waals surface area (Å²) in [6.45, 7) is 25.8. The van der Waals surface area contributed by atoms with E-state index in [0.717, 1.165) is 13.0 Å². The first-order chi connectivity index (χ1) is 20.6. The lowest BCUT2D eigenvalue weighted by atomic mass is 9.61. The first-order valence-electron chi connectivity index (χ1n) is 16.1. The number of hydrogen-bond donors (Lipinski definition) is 0. The predicted octanol–water partition coefficient (Wildman–Crippen LogP) is 11.9. The highest BCUT2D eigenvalue weighted by Crippen LogP contribution is 2.46. The second kappa shape index (κ2) is 13.0. The molecule has 234 valence electrons. The topological polar surface area (TPSA) is 6.48 Å². The van der Waals surface area contributed by atoms with Gasteiger partial charge in [-0.15, -0.1) is 17.9 Å². The van der Waals surface area contributed by atoms with E-state index in [9.17, 15) is 0 Å². The normalized spacial score (nSPS) is 13.1. The van der Waals surface area contributed by atoms with E-state index in [4.69, 9.17) is 0 Å². The molecule has 4 aromatic rings. The SMILES string of the molecule is C=CCN(c1ccc(C(C)CC)cc1)c1ccc(C(C)(C)C(C)(C)c2ccc(-c3sc(C(C)(C)C)cc3N(C)C)cc2)cc1. The molecule has 3 aromatic carbocycles. The summed E-state index contributed by atoms with van der Waals surface area (Å²) in [6, 6.07) is 29.9. The van der Waals surface area contributed by atoms with E-state index in [-0.39, 0.29) is 16.2 Å². The fraction of sp³-hybridized carbons (Fsp3) is 0.415. The number of rotatable bonds is 11. The lowest BCUT2D eigenvalue weighted by Crippen LogP contribution is -2.40. The monoisotopic (exact) mass is 606 g/mol. The van der Waals surface area contributed by atoms with Gasteiger partial charge in [-0.2, -0.15) is 0 Å². The van der Waals surface area contributed by atoms with Crippen molar-refractivity contribution in [1.29, 1.82) is 0 Å². The summed E-state index contributed by atoms with van der Waals surface area (Å²) in [5.74, 6) is 0.575. The van der Waals surface area contributed by atoms with Crippen LogP contribution in [0.25, 0.3) is 10.4 Å². The zero-order chi connectivity index (χ0) is 32.4. The van der Waals surface area contributed by atoms with Crippen molar-refractivity contribution in [2.24, 2.45) is 0 Å². The Hall–Kier alpha value is -3.30. The number of anilines is 3. The van der Waals surface area contributed by atoms with Crippen molar-refractivity contribution < 1.29 is 0 Å². The van der Waals surface area contributed by atoms with Gasteiger partial charge in [-0.25, -0.2) is 0 Å². The second-order valence-electron chi connectivity index (χ2n) is 14.6. The van der Waals surface area contributed by atoms with Crippen LogP contribution in [0.4, 0.5) is 17.1 Å². The van der Waals surface area contributed by atoms with Crippen LogP contribution < -0.4 is 9.80 Å². The van der Waals surface area contributed by atoms with Crippen molar-refractivity contribution >= 4 is 28.4 Å². The molecule has 1 heterocycles. The van der Waals surface area contributed by atoms with Gasteiger partial charge in [-0.1, -0.05) is 117 Å². The van der Waals surface area contributed by atoms with Crippen LogP contribution >= 0.6 is 11.3 Å². The molecule has 0 aliphatic rings. The van der Waals surface area contributed by atoms with E-state index in [1.54, 1.807) is 0 Å². The first kappa shape index (κ1) is 33.6. The highest BCUT2D eigenvalue weighted by molar-refractivity contribution is 7.16. The van der Waals surface area contributed by atoms with Crippen LogP contribution in [-0.4, -0.2) is 20.6 Å². The molecule has 0 saturated heterocycles. The van der Waals surface area contributed by atoms with Gasteiger partial charge in [0.25, 0.3) is 0 Å². The molecular weight excluding hydrogens is 553 g/mol. The molecule has 0 N–H and O–H groups in total. The van der Waals surface area contributed by atoms with E-state index in [2.05, 4.69) is 172 Å². The molecule has 0 saturated carbocycles. The number of nitrogens with zero attached hydrogens (tertiary/aromatic N) is 2. The molecule has 4 rings (SSSR count). The Balaban J connectivity index is 1.61. The maximum absolute atomic E-state index is 4.04. The Morgan fingerprint density at radius 3 is 1.66 bits per heavy atom. The third-order valence-corrected chi connectivity index (χ3v) is 11.6. The quantitative estimate of drug-likeness (QED) is 0.157. The van der Waals surface area contributed by atoms with Crippen LogP contribution in [0, 0.1) is 0 Å². The van der Waals surface area contributed by atoms with Gasteiger partial charge in [0.2, 0.25) is 0 Å². The molecule has 0 fully saturated rings. The average molecular weight is 607 g/mol. The van der Waals surface area contributed by atoms with Gasteiger partial charge in [0, 0.05) is 36.9 Å². The number of hydrogen-bond acceptors (Lipinski definition) is 3. The summed E-state index contributed by atoms with van der Waals surface area (Å²) < 4.78 is 0. The van der Waals surface area contributed by atoms with E-state index < -0.39 is 0 Å². The molecule has 0 aliphatic heterocycles. The fourth-order valence-electron chi connectivity index (χ4n) is 5.82. The summed E-state index contributed by atoms with van der Waals surface area (Å²) >= 11 is 1.92. The fourth-order valence-corrected chi connectivity index (χ4v) is 7.11. The molecule has 1 unspecified atom stereocenters. The molecule has 0 spiro atoms. The maximum Gasteiger partial charge on any atom is 0.0579 e. The summed E-state index contributed by atoms with van der Waals surface area (Å²) in [5.41, 5.74) is 9.00.